The molecule has 3 rings (SSSR count). The van der Waals surface area contributed by atoms with Gasteiger partial charge in [-0.3, -0.25) is 4.79 Å². The minimum atomic E-state index is -4.47. The summed E-state index contributed by atoms with van der Waals surface area (Å²) in [7, 11) is 0. The molecule has 0 aliphatic heterocycles. The molecule has 1 amide bonds. The summed E-state index contributed by atoms with van der Waals surface area (Å²) < 4.78 is 39.7. The molecule has 0 atom stereocenters. The Balaban J connectivity index is 1.56. The highest BCUT2D eigenvalue weighted by atomic mass is 32.1. The van der Waals surface area contributed by atoms with Gasteiger partial charge in [-0.25, -0.2) is 9.67 Å². The number of carbonyl (C=O) groups excluding carboxylic acids is 1. The third-order valence-corrected chi connectivity index (χ3v) is 4.24. The van der Waals surface area contributed by atoms with Gasteiger partial charge < -0.3 is 5.32 Å². The van der Waals surface area contributed by atoms with Crippen molar-refractivity contribution in [2.45, 2.75) is 12.6 Å². The van der Waals surface area contributed by atoms with Gasteiger partial charge in [-0.05, 0) is 24.3 Å². The number of alkyl halides is 3. The first-order valence-electron chi connectivity index (χ1n) is 7.33. The van der Waals surface area contributed by atoms with Gasteiger partial charge in [-0.1, -0.05) is 6.07 Å². The molecule has 0 aliphatic carbocycles. The van der Waals surface area contributed by atoms with E-state index < -0.39 is 17.6 Å². The minimum absolute atomic E-state index is 0.0228. The maximum Gasteiger partial charge on any atom is 0.416 e. The maximum absolute atomic E-state index is 12.7. The summed E-state index contributed by atoms with van der Waals surface area (Å²) in [6.07, 6.45) is -0.573. The first kappa shape index (κ1) is 17.2. The van der Waals surface area contributed by atoms with E-state index >= 15 is 0 Å². The first-order valence-corrected chi connectivity index (χ1v) is 8.21. The summed E-state index contributed by atoms with van der Waals surface area (Å²) in [4.78, 5) is 16.4. The lowest BCUT2D eigenvalue weighted by molar-refractivity contribution is -0.137. The summed E-state index contributed by atoms with van der Waals surface area (Å²) in [6, 6.07) is 6.13. The lowest BCUT2D eigenvalue weighted by atomic mass is 10.1. The van der Waals surface area contributed by atoms with Gasteiger partial charge in [0.1, 0.15) is 0 Å². The summed E-state index contributed by atoms with van der Waals surface area (Å²) >= 11 is 1.42. The van der Waals surface area contributed by atoms with Crippen LogP contribution in [-0.4, -0.2) is 27.2 Å². The van der Waals surface area contributed by atoms with Gasteiger partial charge in [-0.15, -0.1) is 11.3 Å². The number of carbonyl (C=O) groups is 1. The fourth-order valence-corrected chi connectivity index (χ4v) is 2.94. The van der Waals surface area contributed by atoms with Gasteiger partial charge >= 0.3 is 6.18 Å². The second-order valence-electron chi connectivity index (χ2n) is 5.16. The molecule has 0 fully saturated rings. The molecule has 1 N–H and O–H groups in total. The topological polar surface area (TPSA) is 59.8 Å². The molecule has 0 unspecified atom stereocenters. The summed E-state index contributed by atoms with van der Waals surface area (Å²) in [5, 5.41) is 9.25. The van der Waals surface area contributed by atoms with Crippen LogP contribution < -0.4 is 5.32 Å². The molecule has 2 heterocycles. The van der Waals surface area contributed by atoms with Gasteiger partial charge in [0.05, 0.1) is 11.3 Å². The normalized spacial score (nSPS) is 11.5. The first-order chi connectivity index (χ1) is 11.9. The fraction of sp³-hybridized carbons (Fsp3) is 0.188. The number of benzene rings is 1. The van der Waals surface area contributed by atoms with Crippen molar-refractivity contribution in [2.75, 3.05) is 6.54 Å². The summed E-state index contributed by atoms with van der Waals surface area (Å²) in [5.41, 5.74) is -0.0892. The minimum Gasteiger partial charge on any atom is -0.352 e. The number of nitrogens with zero attached hydrogens (tertiary/aromatic N) is 3. The highest BCUT2D eigenvalue weighted by Crippen LogP contribution is 2.29. The number of rotatable bonds is 5. The monoisotopic (exact) mass is 366 g/mol. The highest BCUT2D eigenvalue weighted by molar-refractivity contribution is 7.12. The largest absolute Gasteiger partial charge is 0.416 e. The molecule has 0 bridgehead atoms. The van der Waals surface area contributed by atoms with E-state index in [1.807, 2.05) is 5.38 Å². The van der Waals surface area contributed by atoms with E-state index in [2.05, 4.69) is 15.4 Å². The van der Waals surface area contributed by atoms with E-state index in [1.54, 1.807) is 23.1 Å². The van der Waals surface area contributed by atoms with Crippen LogP contribution in [0.25, 0.3) is 5.13 Å². The second kappa shape index (κ2) is 7.06. The van der Waals surface area contributed by atoms with Crippen LogP contribution in [0.5, 0.6) is 0 Å². The van der Waals surface area contributed by atoms with Gasteiger partial charge in [0.15, 0.2) is 0 Å². The number of hydrogen-bond donors (Lipinski definition) is 1. The molecule has 1 aromatic carbocycles. The van der Waals surface area contributed by atoms with Gasteiger partial charge in [0.2, 0.25) is 5.13 Å². The van der Waals surface area contributed by atoms with Crippen LogP contribution >= 0.6 is 11.3 Å². The molecular weight excluding hydrogens is 353 g/mol. The second-order valence-corrected chi connectivity index (χ2v) is 5.99. The fourth-order valence-electron chi connectivity index (χ4n) is 2.14. The average molecular weight is 366 g/mol. The van der Waals surface area contributed by atoms with Gasteiger partial charge in [-0.2, -0.15) is 18.3 Å². The Hall–Kier alpha value is -2.68. The van der Waals surface area contributed by atoms with E-state index in [4.69, 9.17) is 0 Å². The van der Waals surface area contributed by atoms with Crippen LogP contribution in [0.3, 0.4) is 0 Å². The molecule has 0 saturated heterocycles. The Morgan fingerprint density at radius 3 is 2.84 bits per heavy atom. The van der Waals surface area contributed by atoms with E-state index in [-0.39, 0.29) is 12.1 Å². The van der Waals surface area contributed by atoms with E-state index in [0.29, 0.717) is 11.6 Å². The molecule has 3 aromatic rings. The number of amides is 1. The standard InChI is InChI=1S/C16H13F3N4OS/c17-16(18,19)12-4-1-3-11(9-12)14(24)20-7-5-13-10-25-15(22-13)23-8-2-6-21-23/h1-4,6,8-10H,5,7H2,(H,20,24). The Labute approximate surface area is 145 Å². The lowest BCUT2D eigenvalue weighted by Gasteiger charge is -2.09. The molecule has 5 nitrogen and oxygen atoms in total. The molecular formula is C16H13F3N4OS. The third kappa shape index (κ3) is 4.24. The lowest BCUT2D eigenvalue weighted by Crippen LogP contribution is -2.26. The zero-order chi connectivity index (χ0) is 17.9. The van der Waals surface area contributed by atoms with Crippen LogP contribution in [0.2, 0.25) is 0 Å². The Morgan fingerprint density at radius 2 is 2.12 bits per heavy atom. The summed E-state index contributed by atoms with van der Waals surface area (Å²) in [5.74, 6) is -0.548. The molecule has 25 heavy (non-hydrogen) atoms. The van der Waals surface area contributed by atoms with E-state index in [9.17, 15) is 18.0 Å². The number of thiazole rings is 1. The van der Waals surface area contributed by atoms with E-state index in [0.717, 1.165) is 17.8 Å². The molecule has 0 spiro atoms. The average Bonchev–Trinajstić information content (AvgIpc) is 3.25. The number of nitrogens with one attached hydrogen (secondary N) is 1. The van der Waals surface area contributed by atoms with Crippen molar-refractivity contribution in [3.8, 4) is 5.13 Å². The van der Waals surface area contributed by atoms with Crippen LogP contribution in [0, 0.1) is 0 Å². The van der Waals surface area contributed by atoms with Crippen LogP contribution in [0.15, 0.2) is 48.1 Å². The predicted molar refractivity (Wildman–Crippen MR) is 86.7 cm³/mol. The zero-order valence-electron chi connectivity index (χ0n) is 12.8. The van der Waals surface area contributed by atoms with Crippen molar-refractivity contribution in [3.63, 3.8) is 0 Å². The quantitative estimate of drug-likeness (QED) is 0.754. The number of aromatic nitrogens is 3. The SMILES string of the molecule is O=C(NCCc1csc(-n2cccn2)n1)c1cccc(C(F)(F)F)c1. The van der Waals surface area contributed by atoms with Crippen LogP contribution in [0.4, 0.5) is 13.2 Å². The van der Waals surface area contributed by atoms with E-state index in [1.165, 1.54) is 23.5 Å². The zero-order valence-corrected chi connectivity index (χ0v) is 13.6. The Morgan fingerprint density at radius 1 is 1.28 bits per heavy atom. The number of hydrogen-bond acceptors (Lipinski definition) is 4. The molecule has 130 valence electrons. The summed E-state index contributed by atoms with van der Waals surface area (Å²) in [6.45, 7) is 0.275. The number of halogens is 3. The molecule has 0 aliphatic rings. The van der Waals surface area contributed by atoms with Crippen molar-refractivity contribution in [1.29, 1.82) is 0 Å². The van der Waals surface area contributed by atoms with Crippen LogP contribution in [-0.2, 0) is 12.6 Å². The van der Waals surface area contributed by atoms with Crippen molar-refractivity contribution in [1.82, 2.24) is 20.1 Å². The molecule has 0 radical (unpaired) electrons. The van der Waals surface area contributed by atoms with Crippen LogP contribution in [0.1, 0.15) is 21.6 Å². The smallest absolute Gasteiger partial charge is 0.352 e. The van der Waals surface area contributed by atoms with Crippen molar-refractivity contribution < 1.29 is 18.0 Å². The third-order valence-electron chi connectivity index (χ3n) is 3.36. The Bertz CT molecular complexity index is 858. The highest BCUT2D eigenvalue weighted by Gasteiger charge is 2.30. The Kier molecular flexibility index (Phi) is 4.84. The van der Waals surface area contributed by atoms with Crippen molar-refractivity contribution in [3.05, 3.63) is 64.9 Å². The predicted octanol–water partition coefficient (Wildman–Crippen LogP) is 3.32. The molecule has 2 aromatic heterocycles. The maximum atomic E-state index is 12.7. The molecule has 0 saturated carbocycles. The van der Waals surface area contributed by atoms with Gasteiger partial charge in [0, 0.05) is 36.3 Å². The van der Waals surface area contributed by atoms with Crippen molar-refractivity contribution in [2.24, 2.45) is 0 Å². The molecule has 9 heteroatoms. The van der Waals surface area contributed by atoms with Gasteiger partial charge in [0.25, 0.3) is 5.91 Å². The van der Waals surface area contributed by atoms with Crippen molar-refractivity contribution >= 4 is 17.2 Å².